The fraction of sp³-hybridized carbons (Fsp3) is 0.625. The van der Waals surface area contributed by atoms with Crippen molar-refractivity contribution >= 4 is 5.69 Å². The molecule has 3 rings (SSSR count). The number of hydrogen-bond donors (Lipinski definition) is 1. The van der Waals surface area contributed by atoms with E-state index in [-0.39, 0.29) is 0 Å². The van der Waals surface area contributed by atoms with Gasteiger partial charge in [-0.25, -0.2) is 0 Å². The average Bonchev–Trinajstić information content (AvgIpc) is 3.21. The molecular formula is C16H24N2O2. The minimum atomic E-state index is 0.554. The van der Waals surface area contributed by atoms with Crippen molar-refractivity contribution in [2.75, 3.05) is 32.1 Å². The SMILES string of the molecule is CCOc1ccc(NC2CCN(C3CC3)C2)cc1OC. The Balaban J connectivity index is 1.62. The zero-order valence-electron chi connectivity index (χ0n) is 12.4. The van der Waals surface area contributed by atoms with Crippen molar-refractivity contribution < 1.29 is 9.47 Å². The van der Waals surface area contributed by atoms with Gasteiger partial charge in [0.25, 0.3) is 0 Å². The van der Waals surface area contributed by atoms with E-state index in [0.717, 1.165) is 23.2 Å². The Bertz CT molecular complexity index is 460. The highest BCUT2D eigenvalue weighted by molar-refractivity contribution is 5.55. The van der Waals surface area contributed by atoms with Gasteiger partial charge in [0, 0.05) is 36.9 Å². The number of nitrogens with one attached hydrogen (secondary N) is 1. The smallest absolute Gasteiger partial charge is 0.162 e. The highest BCUT2D eigenvalue weighted by Gasteiger charge is 2.34. The van der Waals surface area contributed by atoms with Gasteiger partial charge in [-0.3, -0.25) is 4.90 Å². The van der Waals surface area contributed by atoms with Crippen molar-refractivity contribution in [1.82, 2.24) is 4.90 Å². The highest BCUT2D eigenvalue weighted by Crippen LogP contribution is 2.33. The topological polar surface area (TPSA) is 33.7 Å². The van der Waals surface area contributed by atoms with Crippen molar-refractivity contribution in [3.63, 3.8) is 0 Å². The summed E-state index contributed by atoms with van der Waals surface area (Å²) >= 11 is 0. The lowest BCUT2D eigenvalue weighted by atomic mass is 10.2. The number of rotatable bonds is 6. The number of hydrogen-bond acceptors (Lipinski definition) is 4. The second-order valence-electron chi connectivity index (χ2n) is 5.65. The lowest BCUT2D eigenvalue weighted by Gasteiger charge is -2.18. The molecule has 1 unspecified atom stereocenters. The fourth-order valence-electron chi connectivity index (χ4n) is 2.94. The van der Waals surface area contributed by atoms with Crippen LogP contribution in [0.3, 0.4) is 0 Å². The van der Waals surface area contributed by atoms with Crippen molar-refractivity contribution in [3.8, 4) is 11.5 Å². The van der Waals surface area contributed by atoms with Gasteiger partial charge in [-0.1, -0.05) is 0 Å². The molecule has 1 saturated heterocycles. The van der Waals surface area contributed by atoms with Gasteiger partial charge in [0.2, 0.25) is 0 Å². The zero-order valence-corrected chi connectivity index (χ0v) is 12.4. The molecule has 0 aromatic heterocycles. The maximum absolute atomic E-state index is 5.55. The van der Waals surface area contributed by atoms with Crippen molar-refractivity contribution in [2.24, 2.45) is 0 Å². The van der Waals surface area contributed by atoms with E-state index >= 15 is 0 Å². The lowest BCUT2D eigenvalue weighted by molar-refractivity contribution is 0.311. The molecular weight excluding hydrogens is 252 g/mol. The number of benzene rings is 1. The summed E-state index contributed by atoms with van der Waals surface area (Å²) in [6.07, 6.45) is 4.01. The van der Waals surface area contributed by atoms with E-state index in [2.05, 4.69) is 16.3 Å². The average molecular weight is 276 g/mol. The van der Waals surface area contributed by atoms with Gasteiger partial charge < -0.3 is 14.8 Å². The molecule has 1 saturated carbocycles. The van der Waals surface area contributed by atoms with Crippen LogP contribution in [0.25, 0.3) is 0 Å². The number of methoxy groups -OCH3 is 1. The summed E-state index contributed by atoms with van der Waals surface area (Å²) in [5.41, 5.74) is 1.12. The van der Waals surface area contributed by atoms with Crippen molar-refractivity contribution in [1.29, 1.82) is 0 Å². The molecule has 0 radical (unpaired) electrons. The highest BCUT2D eigenvalue weighted by atomic mass is 16.5. The molecule has 1 N–H and O–H groups in total. The van der Waals surface area contributed by atoms with Crippen LogP contribution in [0.5, 0.6) is 11.5 Å². The minimum Gasteiger partial charge on any atom is -0.493 e. The molecule has 1 aliphatic carbocycles. The van der Waals surface area contributed by atoms with Crippen LogP contribution in [0.15, 0.2) is 18.2 Å². The van der Waals surface area contributed by atoms with E-state index in [9.17, 15) is 0 Å². The van der Waals surface area contributed by atoms with Crippen LogP contribution in [0.2, 0.25) is 0 Å². The maximum atomic E-state index is 5.55. The molecule has 0 bridgehead atoms. The molecule has 110 valence electrons. The minimum absolute atomic E-state index is 0.554. The molecule has 1 atom stereocenters. The number of anilines is 1. The summed E-state index contributed by atoms with van der Waals surface area (Å²) in [5, 5.41) is 3.62. The van der Waals surface area contributed by atoms with Crippen LogP contribution < -0.4 is 14.8 Å². The number of ether oxygens (including phenoxy) is 2. The summed E-state index contributed by atoms with van der Waals surface area (Å²) < 4.78 is 10.9. The van der Waals surface area contributed by atoms with Crippen LogP contribution in [0.1, 0.15) is 26.2 Å². The normalized spacial score (nSPS) is 22.8. The van der Waals surface area contributed by atoms with E-state index in [1.54, 1.807) is 7.11 Å². The quantitative estimate of drug-likeness (QED) is 0.866. The molecule has 1 aromatic carbocycles. The van der Waals surface area contributed by atoms with Gasteiger partial charge in [-0.15, -0.1) is 0 Å². The maximum Gasteiger partial charge on any atom is 0.162 e. The zero-order chi connectivity index (χ0) is 13.9. The van der Waals surface area contributed by atoms with Crippen molar-refractivity contribution in [2.45, 2.75) is 38.3 Å². The summed E-state index contributed by atoms with van der Waals surface area (Å²) in [4.78, 5) is 2.61. The first-order valence-electron chi connectivity index (χ1n) is 7.61. The Morgan fingerprint density at radius 2 is 2.10 bits per heavy atom. The van der Waals surface area contributed by atoms with E-state index in [1.807, 2.05) is 19.1 Å². The summed E-state index contributed by atoms with van der Waals surface area (Å²) in [6, 6.07) is 7.52. The van der Waals surface area contributed by atoms with Crippen molar-refractivity contribution in [3.05, 3.63) is 18.2 Å². The summed E-state index contributed by atoms with van der Waals surface area (Å²) in [6.45, 7) is 5.04. The third-order valence-electron chi connectivity index (χ3n) is 4.12. The van der Waals surface area contributed by atoms with Gasteiger partial charge in [-0.05, 0) is 38.3 Å². The Morgan fingerprint density at radius 1 is 1.25 bits per heavy atom. The van der Waals surface area contributed by atoms with Gasteiger partial charge in [-0.2, -0.15) is 0 Å². The second-order valence-corrected chi connectivity index (χ2v) is 5.65. The van der Waals surface area contributed by atoms with Gasteiger partial charge in [0.1, 0.15) is 0 Å². The van der Waals surface area contributed by atoms with Gasteiger partial charge >= 0.3 is 0 Å². The molecule has 1 aromatic rings. The first-order chi connectivity index (χ1) is 9.80. The van der Waals surface area contributed by atoms with E-state index in [0.29, 0.717) is 12.6 Å². The molecule has 1 aliphatic heterocycles. The Morgan fingerprint density at radius 3 is 2.80 bits per heavy atom. The van der Waals surface area contributed by atoms with E-state index < -0.39 is 0 Å². The molecule has 4 nitrogen and oxygen atoms in total. The third kappa shape index (κ3) is 3.01. The molecule has 4 heteroatoms. The molecule has 2 aliphatic rings. The van der Waals surface area contributed by atoms with Gasteiger partial charge in [0.15, 0.2) is 11.5 Å². The van der Waals surface area contributed by atoms with Gasteiger partial charge in [0.05, 0.1) is 13.7 Å². The number of nitrogens with zero attached hydrogens (tertiary/aromatic N) is 1. The standard InChI is InChI=1S/C16H24N2O2/c1-3-20-15-7-4-12(10-16(15)19-2)17-13-8-9-18(11-13)14-5-6-14/h4,7,10,13-14,17H,3,5-6,8-9,11H2,1-2H3. The summed E-state index contributed by atoms with van der Waals surface area (Å²) in [7, 11) is 1.69. The molecule has 0 spiro atoms. The first kappa shape index (κ1) is 13.6. The lowest BCUT2D eigenvalue weighted by Crippen LogP contribution is -2.27. The van der Waals surface area contributed by atoms with Crippen LogP contribution >= 0.6 is 0 Å². The van der Waals surface area contributed by atoms with Crippen LogP contribution in [0.4, 0.5) is 5.69 Å². The molecule has 0 amide bonds. The Kier molecular flexibility index (Phi) is 4.01. The van der Waals surface area contributed by atoms with E-state index in [4.69, 9.17) is 9.47 Å². The monoisotopic (exact) mass is 276 g/mol. The van der Waals surface area contributed by atoms with Crippen LogP contribution in [-0.4, -0.2) is 43.8 Å². The first-order valence-corrected chi connectivity index (χ1v) is 7.61. The largest absolute Gasteiger partial charge is 0.493 e. The fourth-order valence-corrected chi connectivity index (χ4v) is 2.94. The molecule has 20 heavy (non-hydrogen) atoms. The second kappa shape index (κ2) is 5.92. The third-order valence-corrected chi connectivity index (χ3v) is 4.12. The molecule has 2 fully saturated rings. The predicted octanol–water partition coefficient (Wildman–Crippen LogP) is 2.74. The van der Waals surface area contributed by atoms with E-state index in [1.165, 1.54) is 32.4 Å². The van der Waals surface area contributed by atoms with Crippen LogP contribution in [-0.2, 0) is 0 Å². The van der Waals surface area contributed by atoms with Crippen LogP contribution in [0, 0.1) is 0 Å². The predicted molar refractivity (Wildman–Crippen MR) is 80.8 cm³/mol. The Labute approximate surface area is 121 Å². The summed E-state index contributed by atoms with van der Waals surface area (Å²) in [5.74, 6) is 1.61. The Hall–Kier alpha value is -1.42. The number of likely N-dealkylation sites (tertiary alicyclic amines) is 1. The molecule has 1 heterocycles.